The summed E-state index contributed by atoms with van der Waals surface area (Å²) in [6.45, 7) is 1.64. The second kappa shape index (κ2) is 6.42. The highest BCUT2D eigenvalue weighted by Gasteiger charge is 2.26. The van der Waals surface area contributed by atoms with E-state index in [1.165, 1.54) is 4.31 Å². The predicted molar refractivity (Wildman–Crippen MR) is 95.2 cm³/mol. The number of ether oxygens (including phenoxy) is 1. The molecule has 130 valence electrons. The molecule has 6 nitrogen and oxygen atoms in total. The number of fused-ring (bicyclic) bond motifs is 1. The SMILES string of the molecule is O=S(=O)(c1ccc(-c2cn3cc(Cl)ccc3n2)cc1)N1CCOCC1. The van der Waals surface area contributed by atoms with Crippen molar-refractivity contribution in [1.29, 1.82) is 0 Å². The second-order valence-corrected chi connectivity index (χ2v) is 8.15. The van der Waals surface area contributed by atoms with Crippen LogP contribution in [0.2, 0.25) is 5.02 Å². The Morgan fingerprint density at radius 1 is 1.00 bits per heavy atom. The van der Waals surface area contributed by atoms with Crippen LogP contribution in [-0.2, 0) is 14.8 Å². The molecule has 3 aromatic rings. The van der Waals surface area contributed by atoms with Gasteiger partial charge in [-0.2, -0.15) is 4.31 Å². The van der Waals surface area contributed by atoms with Gasteiger partial charge < -0.3 is 9.14 Å². The van der Waals surface area contributed by atoms with Gasteiger partial charge in [0.15, 0.2) is 0 Å². The smallest absolute Gasteiger partial charge is 0.243 e. The van der Waals surface area contributed by atoms with Crippen LogP contribution >= 0.6 is 11.6 Å². The standard InChI is InChI=1S/C17H16ClN3O3S/c18-14-3-6-17-19-16(12-20(17)11-14)13-1-4-15(5-2-13)25(22,23)21-7-9-24-10-8-21/h1-6,11-12H,7-10H2. The maximum Gasteiger partial charge on any atom is 0.243 e. The van der Waals surface area contributed by atoms with Gasteiger partial charge in [-0.25, -0.2) is 13.4 Å². The summed E-state index contributed by atoms with van der Waals surface area (Å²) in [7, 11) is -3.48. The molecule has 0 unspecified atom stereocenters. The zero-order valence-corrected chi connectivity index (χ0v) is 14.9. The van der Waals surface area contributed by atoms with E-state index >= 15 is 0 Å². The number of hydrogen-bond donors (Lipinski definition) is 0. The fourth-order valence-corrected chi connectivity index (χ4v) is 4.41. The molecular weight excluding hydrogens is 362 g/mol. The number of nitrogens with zero attached hydrogens (tertiary/aromatic N) is 3. The number of halogens is 1. The van der Waals surface area contributed by atoms with Crippen molar-refractivity contribution in [2.24, 2.45) is 0 Å². The molecule has 25 heavy (non-hydrogen) atoms. The summed E-state index contributed by atoms with van der Waals surface area (Å²) in [5.74, 6) is 0. The Morgan fingerprint density at radius 3 is 2.44 bits per heavy atom. The summed E-state index contributed by atoms with van der Waals surface area (Å²) in [4.78, 5) is 4.82. The van der Waals surface area contributed by atoms with E-state index in [0.29, 0.717) is 31.3 Å². The van der Waals surface area contributed by atoms with Crippen molar-refractivity contribution in [2.75, 3.05) is 26.3 Å². The summed E-state index contributed by atoms with van der Waals surface area (Å²) in [6, 6.07) is 10.4. The molecule has 0 amide bonds. The number of morpholine rings is 1. The van der Waals surface area contributed by atoms with Crippen molar-refractivity contribution in [1.82, 2.24) is 13.7 Å². The van der Waals surface area contributed by atoms with Crippen LogP contribution in [0.25, 0.3) is 16.9 Å². The first-order valence-corrected chi connectivity index (χ1v) is 9.68. The molecule has 3 heterocycles. The summed E-state index contributed by atoms with van der Waals surface area (Å²) in [6.07, 6.45) is 3.65. The molecular formula is C17H16ClN3O3S. The summed E-state index contributed by atoms with van der Waals surface area (Å²) in [5.41, 5.74) is 2.39. The van der Waals surface area contributed by atoms with Crippen molar-refractivity contribution < 1.29 is 13.2 Å². The monoisotopic (exact) mass is 377 g/mol. The fourth-order valence-electron chi connectivity index (χ4n) is 2.84. The number of imidazole rings is 1. The van der Waals surface area contributed by atoms with E-state index in [1.54, 1.807) is 36.5 Å². The molecule has 1 fully saturated rings. The number of benzene rings is 1. The van der Waals surface area contributed by atoms with Crippen LogP contribution in [0.4, 0.5) is 0 Å². The summed E-state index contributed by atoms with van der Waals surface area (Å²) in [5, 5.41) is 0.628. The second-order valence-electron chi connectivity index (χ2n) is 5.78. The maximum absolute atomic E-state index is 12.6. The lowest BCUT2D eigenvalue weighted by molar-refractivity contribution is 0.0730. The molecule has 0 spiro atoms. The molecule has 0 radical (unpaired) electrons. The first-order valence-electron chi connectivity index (χ1n) is 7.87. The minimum atomic E-state index is -3.48. The lowest BCUT2D eigenvalue weighted by atomic mass is 10.2. The van der Waals surface area contributed by atoms with Crippen molar-refractivity contribution >= 4 is 27.3 Å². The van der Waals surface area contributed by atoms with Crippen molar-refractivity contribution in [3.63, 3.8) is 0 Å². The summed E-state index contributed by atoms with van der Waals surface area (Å²) < 4.78 is 33.8. The average Bonchev–Trinajstić information content (AvgIpc) is 3.06. The quantitative estimate of drug-likeness (QED) is 0.704. The number of sulfonamides is 1. The Hall–Kier alpha value is -1.93. The molecule has 0 bridgehead atoms. The van der Waals surface area contributed by atoms with Gasteiger partial charge in [-0.05, 0) is 24.3 Å². The largest absolute Gasteiger partial charge is 0.379 e. The van der Waals surface area contributed by atoms with Crippen LogP contribution in [0.15, 0.2) is 53.7 Å². The first-order chi connectivity index (χ1) is 12.0. The molecule has 4 rings (SSSR count). The number of hydrogen-bond acceptors (Lipinski definition) is 4. The zero-order chi connectivity index (χ0) is 17.4. The average molecular weight is 378 g/mol. The highest BCUT2D eigenvalue weighted by atomic mass is 35.5. The van der Waals surface area contributed by atoms with Crippen molar-refractivity contribution in [3.8, 4) is 11.3 Å². The number of pyridine rings is 1. The Kier molecular flexibility index (Phi) is 4.24. The van der Waals surface area contributed by atoms with Crippen molar-refractivity contribution in [3.05, 3.63) is 53.8 Å². The predicted octanol–water partition coefficient (Wildman–Crippen LogP) is 2.68. The van der Waals surface area contributed by atoms with Crippen LogP contribution in [0, 0.1) is 0 Å². The normalized spacial score (nSPS) is 16.4. The minimum Gasteiger partial charge on any atom is -0.379 e. The molecule has 1 saturated heterocycles. The Balaban J connectivity index is 1.64. The fraction of sp³-hybridized carbons (Fsp3) is 0.235. The lowest BCUT2D eigenvalue weighted by Crippen LogP contribution is -2.40. The molecule has 2 aromatic heterocycles. The third kappa shape index (κ3) is 3.16. The van der Waals surface area contributed by atoms with Gasteiger partial charge in [-0.1, -0.05) is 23.7 Å². The highest BCUT2D eigenvalue weighted by Crippen LogP contribution is 2.24. The summed E-state index contributed by atoms with van der Waals surface area (Å²) >= 11 is 5.99. The molecule has 1 aliphatic rings. The Morgan fingerprint density at radius 2 is 1.72 bits per heavy atom. The molecule has 0 N–H and O–H groups in total. The van der Waals surface area contributed by atoms with E-state index < -0.39 is 10.0 Å². The van der Waals surface area contributed by atoms with Gasteiger partial charge in [0.25, 0.3) is 0 Å². The number of aromatic nitrogens is 2. The molecule has 1 aliphatic heterocycles. The van der Waals surface area contributed by atoms with E-state index in [-0.39, 0.29) is 4.90 Å². The van der Waals surface area contributed by atoms with Crippen LogP contribution in [0.1, 0.15) is 0 Å². The topological polar surface area (TPSA) is 63.9 Å². The molecule has 0 atom stereocenters. The maximum atomic E-state index is 12.6. The van der Waals surface area contributed by atoms with Crippen LogP contribution in [0.5, 0.6) is 0 Å². The highest BCUT2D eigenvalue weighted by molar-refractivity contribution is 7.89. The van der Waals surface area contributed by atoms with E-state index in [2.05, 4.69) is 4.98 Å². The first kappa shape index (κ1) is 16.5. The molecule has 1 aromatic carbocycles. The third-order valence-electron chi connectivity index (χ3n) is 4.17. The van der Waals surface area contributed by atoms with Crippen molar-refractivity contribution in [2.45, 2.75) is 4.90 Å². The molecule has 0 saturated carbocycles. The third-order valence-corrected chi connectivity index (χ3v) is 6.31. The zero-order valence-electron chi connectivity index (χ0n) is 13.3. The van der Waals surface area contributed by atoms with Gasteiger partial charge in [-0.3, -0.25) is 0 Å². The minimum absolute atomic E-state index is 0.282. The van der Waals surface area contributed by atoms with Crippen LogP contribution in [0.3, 0.4) is 0 Å². The molecule has 8 heteroatoms. The number of rotatable bonds is 3. The lowest BCUT2D eigenvalue weighted by Gasteiger charge is -2.26. The van der Waals surface area contributed by atoms with Gasteiger partial charge >= 0.3 is 0 Å². The van der Waals surface area contributed by atoms with E-state index in [9.17, 15) is 8.42 Å². The van der Waals surface area contributed by atoms with E-state index in [4.69, 9.17) is 16.3 Å². The van der Waals surface area contributed by atoms with E-state index in [0.717, 1.165) is 16.9 Å². The van der Waals surface area contributed by atoms with E-state index in [1.807, 2.05) is 16.7 Å². The Labute approximate surface area is 150 Å². The van der Waals surface area contributed by atoms with Gasteiger partial charge in [-0.15, -0.1) is 0 Å². The molecule has 0 aliphatic carbocycles. The van der Waals surface area contributed by atoms with Gasteiger partial charge in [0, 0.05) is 31.0 Å². The van der Waals surface area contributed by atoms with Crippen LogP contribution in [-0.4, -0.2) is 48.4 Å². The van der Waals surface area contributed by atoms with Gasteiger partial charge in [0.05, 0.1) is 28.8 Å². The van der Waals surface area contributed by atoms with Crippen LogP contribution < -0.4 is 0 Å². The Bertz CT molecular complexity index is 1010. The van der Waals surface area contributed by atoms with Gasteiger partial charge in [0.1, 0.15) is 5.65 Å². The van der Waals surface area contributed by atoms with Gasteiger partial charge in [0.2, 0.25) is 10.0 Å².